The van der Waals surface area contributed by atoms with Crippen LogP contribution in [0.15, 0.2) is 42.5 Å². The first-order valence-electron chi connectivity index (χ1n) is 6.09. The highest BCUT2D eigenvalue weighted by molar-refractivity contribution is 6.33. The summed E-state index contributed by atoms with van der Waals surface area (Å²) in [5, 5.41) is 4.59. The van der Waals surface area contributed by atoms with Crippen LogP contribution in [0.3, 0.4) is 0 Å². The lowest BCUT2D eigenvalue weighted by Crippen LogP contribution is -2.15. The van der Waals surface area contributed by atoms with Gasteiger partial charge in [-0.25, -0.2) is 0 Å². The highest BCUT2D eigenvalue weighted by Gasteiger charge is 2.03. The van der Waals surface area contributed by atoms with Crippen LogP contribution in [0, 0.1) is 0 Å². The monoisotopic (exact) mass is 308 g/mol. The lowest BCUT2D eigenvalue weighted by molar-refractivity contribution is 0.1000. The van der Waals surface area contributed by atoms with Gasteiger partial charge in [0.1, 0.15) is 0 Å². The predicted molar refractivity (Wildman–Crippen MR) is 82.0 cm³/mol. The van der Waals surface area contributed by atoms with Gasteiger partial charge in [-0.2, -0.15) is 0 Å². The average molecular weight is 309 g/mol. The number of hydrogen-bond donors (Lipinski definition) is 2. The van der Waals surface area contributed by atoms with Gasteiger partial charge in [0.25, 0.3) is 0 Å². The van der Waals surface area contributed by atoms with Crippen LogP contribution in [0.5, 0.6) is 0 Å². The molecule has 3 nitrogen and oxygen atoms in total. The maximum Gasteiger partial charge on any atom is 0.248 e. The van der Waals surface area contributed by atoms with E-state index in [9.17, 15) is 4.79 Å². The second-order valence-electron chi connectivity index (χ2n) is 4.40. The number of carbonyl (C=O) groups excluding carboxylic acids is 1. The molecule has 2 rings (SSSR count). The summed E-state index contributed by atoms with van der Waals surface area (Å²) in [5.74, 6) is -0.426. The predicted octanol–water partition coefficient (Wildman–Crippen LogP) is 3.38. The number of amides is 1. The van der Waals surface area contributed by atoms with Gasteiger partial charge in [0.2, 0.25) is 5.91 Å². The van der Waals surface area contributed by atoms with E-state index in [1.807, 2.05) is 18.2 Å². The van der Waals surface area contributed by atoms with E-state index in [2.05, 4.69) is 5.32 Å². The summed E-state index contributed by atoms with van der Waals surface area (Å²) in [6, 6.07) is 12.6. The molecule has 0 aliphatic rings. The number of rotatable bonds is 5. The van der Waals surface area contributed by atoms with E-state index >= 15 is 0 Å². The van der Waals surface area contributed by atoms with Crippen molar-refractivity contribution in [2.45, 2.75) is 13.1 Å². The summed E-state index contributed by atoms with van der Waals surface area (Å²) >= 11 is 12.0. The van der Waals surface area contributed by atoms with Crippen LogP contribution in [-0.4, -0.2) is 5.91 Å². The summed E-state index contributed by atoms with van der Waals surface area (Å²) in [4.78, 5) is 11.1. The van der Waals surface area contributed by atoms with Crippen LogP contribution in [0.2, 0.25) is 10.0 Å². The zero-order valence-electron chi connectivity index (χ0n) is 10.7. The Labute approximate surface area is 127 Å². The van der Waals surface area contributed by atoms with Crippen molar-refractivity contribution in [1.29, 1.82) is 0 Å². The third-order valence-corrected chi connectivity index (χ3v) is 3.47. The number of benzene rings is 2. The fraction of sp³-hybridized carbons (Fsp3) is 0.133. The standard InChI is InChI=1S/C15H14Cl2N2O/c16-13-4-5-14(17)12(7-13)9-19-8-10-2-1-3-11(6-10)15(18)20/h1-7,19H,8-9H2,(H2,18,20). The molecular formula is C15H14Cl2N2O. The SMILES string of the molecule is NC(=O)c1cccc(CNCc2cc(Cl)ccc2Cl)c1. The van der Waals surface area contributed by atoms with Crippen LogP contribution in [0.25, 0.3) is 0 Å². The molecule has 0 aliphatic heterocycles. The third-order valence-electron chi connectivity index (χ3n) is 2.86. The maximum atomic E-state index is 11.1. The summed E-state index contributed by atoms with van der Waals surface area (Å²) in [6.45, 7) is 1.21. The van der Waals surface area contributed by atoms with Gasteiger partial charge in [0, 0.05) is 28.7 Å². The molecule has 0 aromatic heterocycles. The zero-order valence-corrected chi connectivity index (χ0v) is 12.2. The van der Waals surface area contributed by atoms with Crippen molar-refractivity contribution in [3.05, 3.63) is 69.2 Å². The number of nitrogens with one attached hydrogen (secondary N) is 1. The molecule has 0 heterocycles. The van der Waals surface area contributed by atoms with Gasteiger partial charge in [-0.15, -0.1) is 0 Å². The van der Waals surface area contributed by atoms with Crippen LogP contribution in [0.1, 0.15) is 21.5 Å². The molecule has 0 bridgehead atoms. The Bertz CT molecular complexity index is 629. The molecule has 0 radical (unpaired) electrons. The molecule has 0 aliphatic carbocycles. The molecule has 2 aromatic rings. The smallest absolute Gasteiger partial charge is 0.248 e. The van der Waals surface area contributed by atoms with Crippen molar-refractivity contribution in [3.8, 4) is 0 Å². The van der Waals surface area contributed by atoms with Crippen molar-refractivity contribution in [3.63, 3.8) is 0 Å². The summed E-state index contributed by atoms with van der Waals surface area (Å²) in [5.41, 5.74) is 7.67. The topological polar surface area (TPSA) is 55.1 Å². The van der Waals surface area contributed by atoms with Crippen molar-refractivity contribution in [2.24, 2.45) is 5.73 Å². The number of nitrogens with two attached hydrogens (primary N) is 1. The lowest BCUT2D eigenvalue weighted by atomic mass is 10.1. The highest BCUT2D eigenvalue weighted by Crippen LogP contribution is 2.20. The van der Waals surface area contributed by atoms with Gasteiger partial charge in [-0.1, -0.05) is 35.3 Å². The van der Waals surface area contributed by atoms with Crippen molar-refractivity contribution in [1.82, 2.24) is 5.32 Å². The van der Waals surface area contributed by atoms with Gasteiger partial charge < -0.3 is 11.1 Å². The molecule has 0 saturated heterocycles. The summed E-state index contributed by atoms with van der Waals surface area (Å²) < 4.78 is 0. The molecule has 1 amide bonds. The van der Waals surface area contributed by atoms with E-state index in [1.54, 1.807) is 24.3 Å². The molecule has 2 aromatic carbocycles. The third kappa shape index (κ3) is 3.97. The minimum absolute atomic E-state index is 0.426. The Morgan fingerprint density at radius 3 is 2.65 bits per heavy atom. The van der Waals surface area contributed by atoms with Gasteiger partial charge in [0.15, 0.2) is 0 Å². The van der Waals surface area contributed by atoms with Crippen molar-refractivity contribution in [2.75, 3.05) is 0 Å². The number of hydrogen-bond acceptors (Lipinski definition) is 2. The Morgan fingerprint density at radius 1 is 1.10 bits per heavy atom. The van der Waals surface area contributed by atoms with Gasteiger partial charge in [0.05, 0.1) is 0 Å². The summed E-state index contributed by atoms with van der Waals surface area (Å²) in [6.07, 6.45) is 0. The van der Waals surface area contributed by atoms with E-state index in [0.717, 1.165) is 11.1 Å². The lowest BCUT2D eigenvalue weighted by Gasteiger charge is -2.08. The molecule has 5 heteroatoms. The Hall–Kier alpha value is -1.55. The minimum Gasteiger partial charge on any atom is -0.366 e. The van der Waals surface area contributed by atoms with E-state index in [4.69, 9.17) is 28.9 Å². The fourth-order valence-electron chi connectivity index (χ4n) is 1.85. The van der Waals surface area contributed by atoms with E-state index in [1.165, 1.54) is 0 Å². The largest absolute Gasteiger partial charge is 0.366 e. The van der Waals surface area contributed by atoms with Crippen LogP contribution in [0.4, 0.5) is 0 Å². The van der Waals surface area contributed by atoms with Gasteiger partial charge in [-0.3, -0.25) is 4.79 Å². The highest BCUT2D eigenvalue weighted by atomic mass is 35.5. The first-order chi connectivity index (χ1) is 9.56. The van der Waals surface area contributed by atoms with Crippen LogP contribution < -0.4 is 11.1 Å². The molecule has 3 N–H and O–H groups in total. The first-order valence-corrected chi connectivity index (χ1v) is 6.85. The molecule has 104 valence electrons. The number of primary amides is 1. The quantitative estimate of drug-likeness (QED) is 0.889. The van der Waals surface area contributed by atoms with Crippen LogP contribution >= 0.6 is 23.2 Å². The number of halogens is 2. The van der Waals surface area contributed by atoms with Crippen LogP contribution in [-0.2, 0) is 13.1 Å². The Kier molecular flexibility index (Phi) is 5.01. The Morgan fingerprint density at radius 2 is 1.90 bits per heavy atom. The van der Waals surface area contributed by atoms with E-state index in [0.29, 0.717) is 28.7 Å². The normalized spacial score (nSPS) is 10.5. The first kappa shape index (κ1) is 14.9. The molecule has 0 unspecified atom stereocenters. The summed E-state index contributed by atoms with van der Waals surface area (Å²) in [7, 11) is 0. The second kappa shape index (κ2) is 6.75. The molecule has 0 atom stereocenters. The van der Waals surface area contributed by atoms with Gasteiger partial charge >= 0.3 is 0 Å². The van der Waals surface area contributed by atoms with E-state index in [-0.39, 0.29) is 0 Å². The molecule has 0 saturated carbocycles. The molecular weight excluding hydrogens is 295 g/mol. The molecule has 0 spiro atoms. The zero-order chi connectivity index (χ0) is 14.5. The Balaban J connectivity index is 1.97. The van der Waals surface area contributed by atoms with E-state index < -0.39 is 5.91 Å². The minimum atomic E-state index is -0.426. The van der Waals surface area contributed by atoms with Gasteiger partial charge in [-0.05, 0) is 41.5 Å². The number of carbonyl (C=O) groups is 1. The maximum absolute atomic E-state index is 11.1. The van der Waals surface area contributed by atoms with Crippen molar-refractivity contribution < 1.29 is 4.79 Å². The molecule has 20 heavy (non-hydrogen) atoms. The molecule has 0 fully saturated rings. The average Bonchev–Trinajstić information content (AvgIpc) is 2.43. The second-order valence-corrected chi connectivity index (χ2v) is 5.25. The fourth-order valence-corrected chi connectivity index (χ4v) is 2.23. The van der Waals surface area contributed by atoms with Crippen molar-refractivity contribution >= 4 is 29.1 Å².